The first-order chi connectivity index (χ1) is 15.9. The monoisotopic (exact) mass is 517 g/mol. The van der Waals surface area contributed by atoms with Crippen molar-refractivity contribution in [2.45, 2.75) is 26.6 Å². The number of pyridine rings is 1. The Morgan fingerprint density at radius 1 is 1.00 bits per heavy atom. The van der Waals surface area contributed by atoms with Crippen molar-refractivity contribution in [3.8, 4) is 5.75 Å². The van der Waals surface area contributed by atoms with E-state index in [1.807, 2.05) is 6.92 Å². The standard InChI is InChI=1S/C25H26BrF2N3O2/c1-17-12-23(33-16-20-6-7-21(27)13-22(20)28)24(26)25(32)31(17)15-19-4-2-18(3-5-19)14-30-10-8-29-9-11-30/h2-7,12-13,29H,8-11,14-16H2,1H3. The molecule has 2 heterocycles. The van der Waals surface area contributed by atoms with Gasteiger partial charge >= 0.3 is 0 Å². The molecular formula is C25H26BrF2N3O2. The Bertz CT molecular complexity index is 1180. The first-order valence-electron chi connectivity index (χ1n) is 10.9. The molecule has 2 aromatic carbocycles. The summed E-state index contributed by atoms with van der Waals surface area (Å²) < 4.78 is 34.6. The number of piperazine rings is 1. The number of ether oxygens (including phenoxy) is 1. The minimum absolute atomic E-state index is 0.109. The van der Waals surface area contributed by atoms with Crippen LogP contribution in [0.1, 0.15) is 22.4 Å². The number of hydrogen-bond acceptors (Lipinski definition) is 4. The van der Waals surface area contributed by atoms with E-state index in [0.29, 0.717) is 12.3 Å². The second-order valence-electron chi connectivity index (χ2n) is 8.22. The van der Waals surface area contributed by atoms with Crippen molar-refractivity contribution in [3.05, 3.63) is 97.4 Å². The molecule has 0 radical (unpaired) electrons. The SMILES string of the molecule is Cc1cc(OCc2ccc(F)cc2F)c(Br)c(=O)n1Cc1ccc(CN2CCNCC2)cc1. The van der Waals surface area contributed by atoms with E-state index < -0.39 is 11.6 Å². The van der Waals surface area contributed by atoms with Gasteiger partial charge in [0.15, 0.2) is 0 Å². The third-order valence-corrected chi connectivity index (χ3v) is 6.52. The van der Waals surface area contributed by atoms with Crippen LogP contribution in [-0.4, -0.2) is 35.6 Å². The number of nitrogens with zero attached hydrogens (tertiary/aromatic N) is 2. The molecule has 4 rings (SSSR count). The summed E-state index contributed by atoms with van der Waals surface area (Å²) in [6.45, 7) is 7.22. The van der Waals surface area contributed by atoms with Gasteiger partial charge in [0.05, 0.1) is 6.54 Å². The lowest BCUT2D eigenvalue weighted by molar-refractivity contribution is 0.233. The first-order valence-corrected chi connectivity index (χ1v) is 11.7. The molecule has 0 saturated carbocycles. The maximum atomic E-state index is 13.9. The molecule has 1 fully saturated rings. The molecular weight excluding hydrogens is 492 g/mol. The Morgan fingerprint density at radius 2 is 1.67 bits per heavy atom. The molecule has 1 N–H and O–H groups in total. The van der Waals surface area contributed by atoms with E-state index in [-0.39, 0.29) is 22.2 Å². The number of halogens is 3. The molecule has 0 unspecified atom stereocenters. The van der Waals surface area contributed by atoms with Gasteiger partial charge in [-0.25, -0.2) is 8.78 Å². The summed E-state index contributed by atoms with van der Waals surface area (Å²) in [6.07, 6.45) is 0. The van der Waals surface area contributed by atoms with Crippen molar-refractivity contribution >= 4 is 15.9 Å². The third-order valence-electron chi connectivity index (χ3n) is 5.79. The summed E-state index contributed by atoms with van der Waals surface area (Å²) in [7, 11) is 0. The van der Waals surface area contributed by atoms with Gasteiger partial charge in [-0.15, -0.1) is 0 Å². The second kappa shape index (κ2) is 10.6. The van der Waals surface area contributed by atoms with Crippen molar-refractivity contribution in [2.75, 3.05) is 26.2 Å². The zero-order valence-corrected chi connectivity index (χ0v) is 20.0. The molecule has 1 aliphatic rings. The fourth-order valence-corrected chi connectivity index (χ4v) is 4.31. The molecule has 1 aromatic heterocycles. The van der Waals surface area contributed by atoms with Crippen molar-refractivity contribution in [1.82, 2.24) is 14.8 Å². The number of nitrogens with one attached hydrogen (secondary N) is 1. The zero-order chi connectivity index (χ0) is 23.4. The molecule has 1 aliphatic heterocycles. The Hall–Kier alpha value is -2.55. The molecule has 174 valence electrons. The molecule has 8 heteroatoms. The van der Waals surface area contributed by atoms with Crippen LogP contribution < -0.4 is 15.6 Å². The van der Waals surface area contributed by atoms with E-state index in [9.17, 15) is 13.6 Å². The minimum atomic E-state index is -0.684. The molecule has 3 aromatic rings. The summed E-state index contributed by atoms with van der Waals surface area (Å²) >= 11 is 3.33. The molecule has 0 spiro atoms. The van der Waals surface area contributed by atoms with Crippen molar-refractivity contribution in [1.29, 1.82) is 0 Å². The number of benzene rings is 2. The zero-order valence-electron chi connectivity index (χ0n) is 18.4. The second-order valence-corrected chi connectivity index (χ2v) is 9.02. The lowest BCUT2D eigenvalue weighted by atomic mass is 10.1. The van der Waals surface area contributed by atoms with E-state index in [0.717, 1.165) is 50.0 Å². The lowest BCUT2D eigenvalue weighted by Gasteiger charge is -2.27. The summed E-state index contributed by atoms with van der Waals surface area (Å²) in [5.41, 5.74) is 2.99. The number of aromatic nitrogens is 1. The van der Waals surface area contributed by atoms with Gasteiger partial charge in [-0.3, -0.25) is 9.69 Å². The Balaban J connectivity index is 1.45. The van der Waals surface area contributed by atoms with Crippen LogP contribution in [0.15, 0.2) is 57.8 Å². The normalized spacial score (nSPS) is 14.4. The van der Waals surface area contributed by atoms with Crippen molar-refractivity contribution < 1.29 is 13.5 Å². The molecule has 0 aliphatic carbocycles. The molecule has 5 nitrogen and oxygen atoms in total. The third kappa shape index (κ3) is 5.88. The summed E-state index contributed by atoms with van der Waals surface area (Å²) in [5.74, 6) is -1.01. The lowest BCUT2D eigenvalue weighted by Crippen LogP contribution is -2.42. The van der Waals surface area contributed by atoms with E-state index in [1.165, 1.54) is 17.7 Å². The van der Waals surface area contributed by atoms with Crippen molar-refractivity contribution in [2.24, 2.45) is 0 Å². The molecule has 0 bridgehead atoms. The van der Waals surface area contributed by atoms with Gasteiger partial charge in [-0.1, -0.05) is 24.3 Å². The highest BCUT2D eigenvalue weighted by atomic mass is 79.9. The van der Waals surface area contributed by atoms with Gasteiger partial charge in [-0.2, -0.15) is 0 Å². The number of aryl methyl sites for hydroxylation is 1. The van der Waals surface area contributed by atoms with Crippen LogP contribution in [0.3, 0.4) is 0 Å². The van der Waals surface area contributed by atoms with Crippen molar-refractivity contribution in [3.63, 3.8) is 0 Å². The summed E-state index contributed by atoms with van der Waals surface area (Å²) in [4.78, 5) is 15.4. The Morgan fingerprint density at radius 3 is 2.33 bits per heavy atom. The first kappa shape index (κ1) is 23.6. The fourth-order valence-electron chi connectivity index (χ4n) is 3.87. The van der Waals surface area contributed by atoms with Crippen LogP contribution in [0.4, 0.5) is 8.78 Å². The van der Waals surface area contributed by atoms with Gasteiger partial charge in [-0.05, 0) is 46.1 Å². The van der Waals surface area contributed by atoms with Gasteiger partial charge in [0, 0.05) is 56.1 Å². The Labute approximate surface area is 200 Å². The largest absolute Gasteiger partial charge is 0.487 e. The van der Waals surface area contributed by atoms with Crippen LogP contribution in [0, 0.1) is 18.6 Å². The summed E-state index contributed by atoms with van der Waals surface area (Å²) in [6, 6.07) is 13.4. The van der Waals surface area contributed by atoms with Crippen LogP contribution >= 0.6 is 15.9 Å². The average molecular weight is 518 g/mol. The molecule has 1 saturated heterocycles. The minimum Gasteiger partial charge on any atom is -0.487 e. The van der Waals surface area contributed by atoms with E-state index in [1.54, 1.807) is 10.6 Å². The van der Waals surface area contributed by atoms with E-state index >= 15 is 0 Å². The topological polar surface area (TPSA) is 46.5 Å². The van der Waals surface area contributed by atoms with Gasteiger partial charge in [0.2, 0.25) is 0 Å². The fraction of sp³-hybridized carbons (Fsp3) is 0.320. The van der Waals surface area contributed by atoms with Gasteiger partial charge in [0.1, 0.15) is 28.5 Å². The molecule has 33 heavy (non-hydrogen) atoms. The summed E-state index contributed by atoms with van der Waals surface area (Å²) in [5, 5.41) is 3.36. The quantitative estimate of drug-likeness (QED) is 0.509. The number of hydrogen-bond donors (Lipinski definition) is 1. The molecule has 0 amide bonds. The predicted octanol–water partition coefficient (Wildman–Crippen LogP) is 4.23. The van der Waals surface area contributed by atoms with E-state index in [4.69, 9.17) is 4.74 Å². The Kier molecular flexibility index (Phi) is 7.57. The van der Waals surface area contributed by atoms with Crippen LogP contribution in [0.2, 0.25) is 0 Å². The molecule has 0 atom stereocenters. The maximum Gasteiger partial charge on any atom is 0.269 e. The number of rotatable bonds is 7. The van der Waals surface area contributed by atoms with Gasteiger partial charge < -0.3 is 14.6 Å². The van der Waals surface area contributed by atoms with Crippen LogP contribution in [0.5, 0.6) is 5.75 Å². The van der Waals surface area contributed by atoms with Crippen LogP contribution in [-0.2, 0) is 19.7 Å². The smallest absolute Gasteiger partial charge is 0.269 e. The van der Waals surface area contributed by atoms with Gasteiger partial charge in [0.25, 0.3) is 5.56 Å². The van der Waals surface area contributed by atoms with Crippen LogP contribution in [0.25, 0.3) is 0 Å². The maximum absolute atomic E-state index is 13.9. The highest BCUT2D eigenvalue weighted by Gasteiger charge is 2.14. The average Bonchev–Trinajstić information content (AvgIpc) is 2.81. The highest BCUT2D eigenvalue weighted by Crippen LogP contribution is 2.24. The predicted molar refractivity (Wildman–Crippen MR) is 128 cm³/mol. The highest BCUT2D eigenvalue weighted by molar-refractivity contribution is 9.10. The van der Waals surface area contributed by atoms with E-state index in [2.05, 4.69) is 50.4 Å².